The predicted molar refractivity (Wildman–Crippen MR) is 110 cm³/mol. The summed E-state index contributed by atoms with van der Waals surface area (Å²) >= 11 is 0. The molecule has 1 unspecified atom stereocenters. The second kappa shape index (κ2) is 9.53. The number of hydrogen-bond donors (Lipinski definition) is 4. The summed E-state index contributed by atoms with van der Waals surface area (Å²) in [5.41, 5.74) is -1.41. The number of carbonyl (C=O) groups is 2. The van der Waals surface area contributed by atoms with Crippen molar-refractivity contribution in [2.24, 2.45) is 0 Å². The fourth-order valence-electron chi connectivity index (χ4n) is 3.42. The molecule has 164 valence electrons. The normalized spacial score (nSPS) is 30.6. The highest BCUT2D eigenvalue weighted by Gasteiger charge is 2.79. The van der Waals surface area contributed by atoms with E-state index in [1.807, 2.05) is 6.92 Å². The summed E-state index contributed by atoms with van der Waals surface area (Å²) in [4.78, 5) is 23.8. The van der Waals surface area contributed by atoms with Gasteiger partial charge in [-0.05, 0) is 32.4 Å². The Labute approximate surface area is 175 Å². The van der Waals surface area contributed by atoms with Crippen molar-refractivity contribution in [2.45, 2.75) is 50.7 Å². The van der Waals surface area contributed by atoms with E-state index in [1.165, 1.54) is 7.11 Å². The molecular weight excluding hydrogens is 390 g/mol. The van der Waals surface area contributed by atoms with Crippen LogP contribution in [0, 0.1) is 0 Å². The van der Waals surface area contributed by atoms with Crippen LogP contribution in [0.1, 0.15) is 27.2 Å². The minimum absolute atomic E-state index is 0.0802. The Morgan fingerprint density at radius 1 is 1.33 bits per heavy atom. The molecular formula is C22H29NO7. The van der Waals surface area contributed by atoms with Crippen molar-refractivity contribution in [3.8, 4) is 0 Å². The van der Waals surface area contributed by atoms with Gasteiger partial charge < -0.3 is 30.1 Å². The lowest BCUT2D eigenvalue weighted by molar-refractivity contribution is -0.137. The second-order valence-electron chi connectivity index (χ2n) is 7.32. The predicted octanol–water partition coefficient (Wildman–Crippen LogP) is 0.810. The highest BCUT2D eigenvalue weighted by molar-refractivity contribution is 5.94. The largest absolute Gasteiger partial charge is 0.465 e. The molecule has 0 aromatic heterocycles. The standard InChI is InChI=1S/C22H29NO7/c1-5-16(18(26)29-4)13-14(2)9-7-6-8-10-15(3)17(25)22-19(30-22)21(28,11-12-24)23-20(22)27/h5-10,13,17,19,24-25,28H,11-12H2,1-4H3,(H,23,27)/b8-6+,9-7+,14-13+,15-10+,16-5+/t17?,19-,21-,22-/m0/s1. The first-order valence-corrected chi connectivity index (χ1v) is 9.62. The van der Waals surface area contributed by atoms with Crippen LogP contribution in [0.5, 0.6) is 0 Å². The molecule has 2 heterocycles. The van der Waals surface area contributed by atoms with E-state index in [0.717, 1.165) is 5.57 Å². The lowest BCUT2D eigenvalue weighted by Gasteiger charge is -2.22. The molecule has 2 aliphatic rings. The van der Waals surface area contributed by atoms with Gasteiger partial charge in [-0.25, -0.2) is 4.79 Å². The number of aliphatic hydroxyl groups is 3. The number of morpholine rings is 1. The van der Waals surface area contributed by atoms with Crippen molar-refractivity contribution >= 4 is 11.9 Å². The van der Waals surface area contributed by atoms with Crippen LogP contribution in [-0.4, -0.2) is 64.4 Å². The Morgan fingerprint density at radius 3 is 2.60 bits per heavy atom. The average molecular weight is 419 g/mol. The number of esters is 1. The molecule has 0 aromatic rings. The van der Waals surface area contributed by atoms with Crippen LogP contribution in [0.25, 0.3) is 0 Å². The summed E-state index contributed by atoms with van der Waals surface area (Å²) in [7, 11) is 1.33. The summed E-state index contributed by atoms with van der Waals surface area (Å²) in [6, 6.07) is 0. The average Bonchev–Trinajstić information content (AvgIpc) is 3.44. The summed E-state index contributed by atoms with van der Waals surface area (Å²) < 4.78 is 10.1. The summed E-state index contributed by atoms with van der Waals surface area (Å²) in [5.74, 6) is -1.01. The van der Waals surface area contributed by atoms with Gasteiger partial charge in [0.05, 0.1) is 12.7 Å². The van der Waals surface area contributed by atoms with Crippen molar-refractivity contribution < 1.29 is 34.4 Å². The van der Waals surface area contributed by atoms with Gasteiger partial charge in [0.2, 0.25) is 5.60 Å². The van der Waals surface area contributed by atoms with Crippen molar-refractivity contribution in [1.29, 1.82) is 0 Å². The summed E-state index contributed by atoms with van der Waals surface area (Å²) in [6.07, 6.45) is 9.80. The number of aliphatic hydroxyl groups excluding tert-OH is 2. The number of carbonyl (C=O) groups excluding carboxylic acids is 2. The number of epoxide rings is 1. The molecule has 2 saturated heterocycles. The number of methoxy groups -OCH3 is 1. The molecule has 4 N–H and O–H groups in total. The molecule has 2 aliphatic heterocycles. The third kappa shape index (κ3) is 4.62. The van der Waals surface area contributed by atoms with E-state index in [9.17, 15) is 19.8 Å². The van der Waals surface area contributed by atoms with Gasteiger partial charge in [-0.2, -0.15) is 0 Å². The first kappa shape index (κ1) is 23.8. The van der Waals surface area contributed by atoms with Crippen LogP contribution in [0.4, 0.5) is 0 Å². The Balaban J connectivity index is 2.00. The fourth-order valence-corrected chi connectivity index (χ4v) is 3.42. The van der Waals surface area contributed by atoms with Gasteiger partial charge >= 0.3 is 5.97 Å². The molecule has 0 saturated carbocycles. The highest BCUT2D eigenvalue weighted by Crippen LogP contribution is 2.52. The molecule has 0 aliphatic carbocycles. The maximum atomic E-state index is 12.3. The first-order valence-electron chi connectivity index (χ1n) is 9.62. The summed E-state index contributed by atoms with van der Waals surface area (Å²) in [6.45, 7) is 4.93. The van der Waals surface area contributed by atoms with E-state index in [1.54, 1.807) is 56.4 Å². The quantitative estimate of drug-likeness (QED) is 0.188. The second-order valence-corrected chi connectivity index (χ2v) is 7.32. The first-order chi connectivity index (χ1) is 14.2. The zero-order valence-electron chi connectivity index (χ0n) is 17.6. The molecule has 8 heteroatoms. The minimum atomic E-state index is -1.68. The van der Waals surface area contributed by atoms with E-state index in [4.69, 9.17) is 14.6 Å². The number of amides is 1. The number of nitrogens with one attached hydrogen (secondary N) is 1. The van der Waals surface area contributed by atoms with Gasteiger partial charge in [0, 0.05) is 13.0 Å². The maximum absolute atomic E-state index is 12.3. The number of hydrogen-bond acceptors (Lipinski definition) is 7. The van der Waals surface area contributed by atoms with E-state index >= 15 is 0 Å². The van der Waals surface area contributed by atoms with Crippen LogP contribution in [-0.2, 0) is 19.1 Å². The van der Waals surface area contributed by atoms with E-state index in [0.29, 0.717) is 11.1 Å². The third-order valence-corrected chi connectivity index (χ3v) is 5.15. The van der Waals surface area contributed by atoms with Gasteiger partial charge in [0.25, 0.3) is 5.91 Å². The van der Waals surface area contributed by atoms with Crippen molar-refractivity contribution in [3.05, 3.63) is 59.3 Å². The molecule has 0 bridgehead atoms. The van der Waals surface area contributed by atoms with Crippen LogP contribution in [0.2, 0.25) is 0 Å². The van der Waals surface area contributed by atoms with Crippen LogP contribution >= 0.6 is 0 Å². The molecule has 2 rings (SSSR count). The Morgan fingerprint density at radius 2 is 2.03 bits per heavy atom. The Hall–Kier alpha value is -2.52. The third-order valence-electron chi connectivity index (χ3n) is 5.15. The van der Waals surface area contributed by atoms with Crippen LogP contribution in [0.3, 0.4) is 0 Å². The van der Waals surface area contributed by atoms with Gasteiger partial charge in [0.15, 0.2) is 5.72 Å². The minimum Gasteiger partial charge on any atom is -0.465 e. The van der Waals surface area contributed by atoms with Gasteiger partial charge in [0.1, 0.15) is 12.2 Å². The Bertz CT molecular complexity index is 838. The zero-order valence-corrected chi connectivity index (χ0v) is 17.6. The summed E-state index contributed by atoms with van der Waals surface area (Å²) in [5, 5.41) is 32.5. The molecule has 4 atom stereocenters. The van der Waals surface area contributed by atoms with Gasteiger partial charge in [-0.1, -0.05) is 42.0 Å². The molecule has 2 fully saturated rings. The zero-order chi connectivity index (χ0) is 22.5. The fraction of sp³-hybridized carbons (Fsp3) is 0.455. The number of rotatable bonds is 9. The van der Waals surface area contributed by atoms with Crippen LogP contribution in [0.15, 0.2) is 59.3 Å². The van der Waals surface area contributed by atoms with Gasteiger partial charge in [-0.15, -0.1) is 0 Å². The molecule has 0 spiro atoms. The lowest BCUT2D eigenvalue weighted by Crippen LogP contribution is -2.49. The molecule has 0 aromatic carbocycles. The maximum Gasteiger partial charge on any atom is 0.337 e. The van der Waals surface area contributed by atoms with Gasteiger partial charge in [-0.3, -0.25) is 4.79 Å². The molecule has 8 nitrogen and oxygen atoms in total. The molecule has 0 radical (unpaired) electrons. The monoisotopic (exact) mass is 419 g/mol. The van der Waals surface area contributed by atoms with E-state index in [2.05, 4.69) is 5.32 Å². The smallest absolute Gasteiger partial charge is 0.337 e. The SMILES string of the molecule is C\C=C(/C=C(C)/C=C/C=C/C=C(\C)C(O)[C@]12O[C@H]1[C@@](O)(CCO)NC2=O)C(=O)OC. The topological polar surface area (TPSA) is 129 Å². The van der Waals surface area contributed by atoms with E-state index in [-0.39, 0.29) is 13.0 Å². The lowest BCUT2D eigenvalue weighted by atomic mass is 9.91. The number of fused-ring (bicyclic) bond motifs is 1. The number of allylic oxidation sites excluding steroid dienone is 7. The van der Waals surface area contributed by atoms with Crippen molar-refractivity contribution in [3.63, 3.8) is 0 Å². The van der Waals surface area contributed by atoms with Crippen molar-refractivity contribution in [2.75, 3.05) is 13.7 Å². The number of ether oxygens (including phenoxy) is 2. The highest BCUT2D eigenvalue weighted by atomic mass is 16.7. The van der Waals surface area contributed by atoms with Crippen LogP contribution < -0.4 is 5.32 Å². The van der Waals surface area contributed by atoms with Crippen molar-refractivity contribution in [1.82, 2.24) is 5.32 Å². The Kier molecular flexibility index (Phi) is 7.54. The van der Waals surface area contributed by atoms with E-state index < -0.39 is 35.4 Å². The molecule has 1 amide bonds. The molecule has 30 heavy (non-hydrogen) atoms.